The van der Waals surface area contributed by atoms with Crippen LogP contribution in [0.2, 0.25) is 0 Å². The Morgan fingerprint density at radius 2 is 1.70 bits per heavy atom. The molecule has 2 heterocycles. The molecule has 0 amide bonds. The van der Waals surface area contributed by atoms with Gasteiger partial charge in [0.2, 0.25) is 0 Å². The van der Waals surface area contributed by atoms with Crippen molar-refractivity contribution in [3.63, 3.8) is 0 Å². The molecular weight excluding hydrogens is 250 g/mol. The van der Waals surface area contributed by atoms with Crippen molar-refractivity contribution in [3.8, 4) is 6.19 Å². The minimum atomic E-state index is 0.513. The zero-order chi connectivity index (χ0) is 13.5. The van der Waals surface area contributed by atoms with E-state index in [0.717, 1.165) is 28.0 Å². The Kier molecular flexibility index (Phi) is 2.21. The van der Waals surface area contributed by atoms with Crippen LogP contribution in [0.1, 0.15) is 0 Å². The standard InChI is InChI=1S/C16H11N3O/c17-10-18-11-19(14-7-3-2-6-13(14)18)15-9-20-16-8-4-1-5-12(15)16/h1-9H,11H2. The van der Waals surface area contributed by atoms with Gasteiger partial charge in [-0.1, -0.05) is 24.3 Å². The Bertz CT molecular complexity index is 831. The van der Waals surface area contributed by atoms with Crippen LogP contribution in [-0.4, -0.2) is 6.67 Å². The van der Waals surface area contributed by atoms with Crippen LogP contribution in [0.3, 0.4) is 0 Å². The van der Waals surface area contributed by atoms with Gasteiger partial charge in [0.1, 0.15) is 18.5 Å². The molecule has 1 aliphatic rings. The second-order valence-corrected chi connectivity index (χ2v) is 4.70. The fraction of sp³-hybridized carbons (Fsp3) is 0.0625. The molecule has 0 unspecified atom stereocenters. The molecule has 4 heteroatoms. The molecule has 96 valence electrons. The van der Waals surface area contributed by atoms with E-state index in [-0.39, 0.29) is 0 Å². The monoisotopic (exact) mass is 261 g/mol. The number of rotatable bonds is 1. The zero-order valence-electron chi connectivity index (χ0n) is 10.7. The Hall–Kier alpha value is -2.93. The van der Waals surface area contributed by atoms with Gasteiger partial charge in [0.25, 0.3) is 0 Å². The van der Waals surface area contributed by atoms with Gasteiger partial charge in [0.15, 0.2) is 6.19 Å². The van der Waals surface area contributed by atoms with Crippen molar-refractivity contribution in [3.05, 3.63) is 54.8 Å². The van der Waals surface area contributed by atoms with E-state index in [9.17, 15) is 5.26 Å². The first-order valence-corrected chi connectivity index (χ1v) is 6.38. The number of hydrogen-bond donors (Lipinski definition) is 0. The number of nitriles is 1. The lowest BCUT2D eigenvalue weighted by Crippen LogP contribution is -2.23. The first-order chi connectivity index (χ1) is 9.88. The zero-order valence-corrected chi connectivity index (χ0v) is 10.7. The van der Waals surface area contributed by atoms with Crippen molar-refractivity contribution >= 4 is 28.0 Å². The minimum absolute atomic E-state index is 0.513. The van der Waals surface area contributed by atoms with Crippen LogP contribution in [0.5, 0.6) is 0 Å². The Morgan fingerprint density at radius 1 is 0.950 bits per heavy atom. The van der Waals surface area contributed by atoms with Gasteiger partial charge < -0.3 is 9.32 Å². The van der Waals surface area contributed by atoms with E-state index >= 15 is 0 Å². The third kappa shape index (κ3) is 1.41. The maximum atomic E-state index is 9.27. The van der Waals surface area contributed by atoms with Crippen molar-refractivity contribution in [1.82, 2.24) is 0 Å². The summed E-state index contributed by atoms with van der Waals surface area (Å²) in [6.45, 7) is 0.513. The molecule has 0 atom stereocenters. The average molecular weight is 261 g/mol. The van der Waals surface area contributed by atoms with E-state index in [1.807, 2.05) is 48.5 Å². The number of nitrogens with zero attached hydrogens (tertiary/aromatic N) is 3. The average Bonchev–Trinajstić information content (AvgIpc) is 3.08. The lowest BCUT2D eigenvalue weighted by atomic mass is 10.2. The molecular formula is C16H11N3O. The van der Waals surface area contributed by atoms with Gasteiger partial charge in [0.05, 0.1) is 17.1 Å². The van der Waals surface area contributed by atoms with E-state index < -0.39 is 0 Å². The van der Waals surface area contributed by atoms with Crippen LogP contribution >= 0.6 is 0 Å². The number of anilines is 3. The smallest absolute Gasteiger partial charge is 0.186 e. The van der Waals surface area contributed by atoms with Crippen LogP contribution in [0.25, 0.3) is 11.0 Å². The van der Waals surface area contributed by atoms with Crippen LogP contribution in [0.15, 0.2) is 59.2 Å². The van der Waals surface area contributed by atoms with Crippen LogP contribution in [0, 0.1) is 11.5 Å². The van der Waals surface area contributed by atoms with E-state index in [0.29, 0.717) is 6.67 Å². The number of benzene rings is 2. The summed E-state index contributed by atoms with van der Waals surface area (Å²) in [4.78, 5) is 3.78. The Labute approximate surface area is 116 Å². The predicted octanol–water partition coefficient (Wildman–Crippen LogP) is 3.83. The van der Waals surface area contributed by atoms with E-state index in [1.165, 1.54) is 0 Å². The van der Waals surface area contributed by atoms with Crippen LogP contribution in [0.4, 0.5) is 17.1 Å². The number of para-hydroxylation sites is 3. The molecule has 0 aliphatic carbocycles. The fourth-order valence-corrected chi connectivity index (χ4v) is 2.68. The molecule has 0 saturated carbocycles. The molecule has 0 saturated heterocycles. The molecule has 4 rings (SSSR count). The van der Waals surface area contributed by atoms with Gasteiger partial charge in [0, 0.05) is 5.39 Å². The highest BCUT2D eigenvalue weighted by atomic mass is 16.3. The summed E-state index contributed by atoms with van der Waals surface area (Å²) in [5.41, 5.74) is 3.81. The summed E-state index contributed by atoms with van der Waals surface area (Å²) in [6.07, 6.45) is 3.97. The Morgan fingerprint density at radius 3 is 2.55 bits per heavy atom. The molecule has 20 heavy (non-hydrogen) atoms. The van der Waals surface area contributed by atoms with Crippen LogP contribution in [-0.2, 0) is 0 Å². The van der Waals surface area contributed by atoms with E-state index in [2.05, 4.69) is 11.1 Å². The van der Waals surface area contributed by atoms with Gasteiger partial charge in [-0.05, 0) is 24.3 Å². The molecule has 0 fully saturated rings. The van der Waals surface area contributed by atoms with Crippen molar-refractivity contribution in [2.75, 3.05) is 16.5 Å². The molecule has 0 N–H and O–H groups in total. The second kappa shape index (κ2) is 4.04. The minimum Gasteiger partial charge on any atom is -0.462 e. The SMILES string of the molecule is N#CN1CN(c2coc3ccccc23)c2ccccc21. The highest BCUT2D eigenvalue weighted by molar-refractivity contribution is 5.96. The molecule has 1 aliphatic heterocycles. The molecule has 0 spiro atoms. The normalized spacial score (nSPS) is 13.6. The molecule has 0 bridgehead atoms. The van der Waals surface area contributed by atoms with Crippen molar-refractivity contribution in [2.45, 2.75) is 0 Å². The van der Waals surface area contributed by atoms with Gasteiger partial charge in [-0.3, -0.25) is 4.90 Å². The first kappa shape index (κ1) is 10.9. The third-order valence-corrected chi connectivity index (χ3v) is 3.62. The van der Waals surface area contributed by atoms with Crippen molar-refractivity contribution in [1.29, 1.82) is 5.26 Å². The van der Waals surface area contributed by atoms with Gasteiger partial charge >= 0.3 is 0 Å². The maximum Gasteiger partial charge on any atom is 0.186 e. The van der Waals surface area contributed by atoms with E-state index in [1.54, 1.807) is 11.2 Å². The summed E-state index contributed by atoms with van der Waals surface area (Å²) < 4.78 is 5.60. The first-order valence-electron chi connectivity index (χ1n) is 6.38. The third-order valence-electron chi connectivity index (χ3n) is 3.62. The lowest BCUT2D eigenvalue weighted by Gasteiger charge is -2.16. The largest absolute Gasteiger partial charge is 0.462 e. The summed E-state index contributed by atoms with van der Waals surface area (Å²) >= 11 is 0. The van der Waals surface area contributed by atoms with Gasteiger partial charge in [-0.2, -0.15) is 5.26 Å². The molecule has 3 aromatic rings. The van der Waals surface area contributed by atoms with Crippen molar-refractivity contribution < 1.29 is 4.42 Å². The summed E-state index contributed by atoms with van der Waals surface area (Å²) in [5.74, 6) is 0. The second-order valence-electron chi connectivity index (χ2n) is 4.70. The maximum absolute atomic E-state index is 9.27. The topological polar surface area (TPSA) is 43.4 Å². The molecule has 4 nitrogen and oxygen atoms in total. The molecule has 1 aromatic heterocycles. The highest BCUT2D eigenvalue weighted by Gasteiger charge is 2.28. The van der Waals surface area contributed by atoms with Crippen LogP contribution < -0.4 is 9.80 Å². The lowest BCUT2D eigenvalue weighted by molar-refractivity contribution is 0.615. The summed E-state index contributed by atoms with van der Waals surface area (Å²) in [5, 5.41) is 10.3. The van der Waals surface area contributed by atoms with Crippen molar-refractivity contribution in [2.24, 2.45) is 0 Å². The van der Waals surface area contributed by atoms with Gasteiger partial charge in [-0.15, -0.1) is 0 Å². The van der Waals surface area contributed by atoms with Gasteiger partial charge in [-0.25, -0.2) is 0 Å². The Balaban J connectivity index is 1.90. The fourth-order valence-electron chi connectivity index (χ4n) is 2.68. The quantitative estimate of drug-likeness (QED) is 0.624. The highest BCUT2D eigenvalue weighted by Crippen LogP contribution is 2.42. The number of hydrogen-bond acceptors (Lipinski definition) is 4. The molecule has 0 radical (unpaired) electrons. The molecule has 2 aromatic carbocycles. The number of furan rings is 1. The predicted molar refractivity (Wildman–Crippen MR) is 77.8 cm³/mol. The summed E-state index contributed by atoms with van der Waals surface area (Å²) in [6, 6.07) is 15.8. The number of fused-ring (bicyclic) bond motifs is 2. The summed E-state index contributed by atoms with van der Waals surface area (Å²) in [7, 11) is 0. The van der Waals surface area contributed by atoms with E-state index in [4.69, 9.17) is 4.42 Å².